The van der Waals surface area contributed by atoms with E-state index in [0.717, 1.165) is 45.2 Å². The molecule has 2 aromatic heterocycles. The number of nitrogens with zero attached hydrogens (tertiary/aromatic N) is 1. The number of carbonyl (C=O) groups excluding carboxylic acids is 8. The summed E-state index contributed by atoms with van der Waals surface area (Å²) >= 11 is 0.796. The molecule has 0 aliphatic carbocycles. The van der Waals surface area contributed by atoms with Gasteiger partial charge in [0.25, 0.3) is 27.7 Å². The zero-order valence-electron chi connectivity index (χ0n) is 36.1. The number of sulfonamides is 1. The van der Waals surface area contributed by atoms with Crippen molar-refractivity contribution in [1.82, 2.24) is 19.9 Å². The number of aromatic amines is 1. The number of aryl methyl sites for hydroxylation is 1. The molecular weight excluding hydrogens is 863 g/mol. The van der Waals surface area contributed by atoms with Gasteiger partial charge >= 0.3 is 23.9 Å². The lowest BCUT2D eigenvalue weighted by Gasteiger charge is -2.18. The molecule has 0 bridgehead atoms. The first-order chi connectivity index (χ1) is 29.6. The second kappa shape index (κ2) is 21.7. The van der Waals surface area contributed by atoms with Crippen LogP contribution in [0.15, 0.2) is 34.5 Å². The summed E-state index contributed by atoms with van der Waals surface area (Å²) in [5.74, 6) is -6.09. The first-order valence-corrected chi connectivity index (χ1v) is 22.3. The number of benzene rings is 1. The lowest BCUT2D eigenvalue weighted by molar-refractivity contribution is -0.179. The molecule has 3 heterocycles. The third-order valence-electron chi connectivity index (χ3n) is 9.63. The Labute approximate surface area is 368 Å². The molecule has 1 aliphatic rings. The lowest BCUT2D eigenvalue weighted by atomic mass is 10.0. The number of thiophene rings is 1. The van der Waals surface area contributed by atoms with E-state index in [1.807, 2.05) is 0 Å². The van der Waals surface area contributed by atoms with Crippen LogP contribution in [0.5, 0.6) is 5.75 Å². The van der Waals surface area contributed by atoms with Crippen molar-refractivity contribution >= 4 is 86.1 Å². The van der Waals surface area contributed by atoms with Gasteiger partial charge in [0.15, 0.2) is 18.3 Å². The summed E-state index contributed by atoms with van der Waals surface area (Å²) < 4.78 is 47.2. The highest BCUT2D eigenvalue weighted by atomic mass is 32.2. The van der Waals surface area contributed by atoms with Gasteiger partial charge in [0, 0.05) is 47.0 Å². The van der Waals surface area contributed by atoms with E-state index >= 15 is 0 Å². The van der Waals surface area contributed by atoms with Gasteiger partial charge in [0.2, 0.25) is 0 Å². The molecule has 21 heteroatoms. The molecule has 4 N–H and O–H groups in total. The van der Waals surface area contributed by atoms with Gasteiger partial charge in [-0.3, -0.25) is 28.8 Å². The van der Waals surface area contributed by atoms with E-state index in [0.29, 0.717) is 51.7 Å². The van der Waals surface area contributed by atoms with Crippen LogP contribution < -0.4 is 20.1 Å². The normalized spacial score (nSPS) is 14.2. The van der Waals surface area contributed by atoms with Gasteiger partial charge < -0.3 is 39.5 Å². The number of esters is 4. The highest BCUT2D eigenvalue weighted by Gasteiger charge is 2.31. The van der Waals surface area contributed by atoms with Gasteiger partial charge in [-0.2, -0.15) is 0 Å². The molecule has 0 saturated carbocycles. The highest BCUT2D eigenvalue weighted by Crippen LogP contribution is 2.36. The highest BCUT2D eigenvalue weighted by molar-refractivity contribution is 7.92. The van der Waals surface area contributed by atoms with Crippen molar-refractivity contribution in [1.29, 1.82) is 0 Å². The minimum absolute atomic E-state index is 0.0195. The number of likely N-dealkylation sites (N-methyl/N-ethyl adjacent to an activating group) is 1. The van der Waals surface area contributed by atoms with E-state index in [1.54, 1.807) is 30.7 Å². The Morgan fingerprint density at radius 1 is 0.873 bits per heavy atom. The fourth-order valence-corrected chi connectivity index (χ4v) is 8.64. The van der Waals surface area contributed by atoms with Crippen molar-refractivity contribution in [2.45, 2.75) is 97.2 Å². The molecule has 1 aliphatic heterocycles. The van der Waals surface area contributed by atoms with Crippen LogP contribution in [0.2, 0.25) is 0 Å². The molecular formula is C42H51N5O14S2. The van der Waals surface area contributed by atoms with Crippen LogP contribution in [0.3, 0.4) is 0 Å². The van der Waals surface area contributed by atoms with Crippen molar-refractivity contribution in [2.75, 3.05) is 31.5 Å². The maximum absolute atomic E-state index is 13.1. The lowest BCUT2D eigenvalue weighted by Crippen LogP contribution is -2.41. The number of carbonyl (C=O) groups is 8. The summed E-state index contributed by atoms with van der Waals surface area (Å²) in [5.41, 5.74) is 3.47. The zero-order chi connectivity index (χ0) is 46.8. The Morgan fingerprint density at radius 2 is 1.51 bits per heavy atom. The molecule has 3 atom stereocenters. The minimum Gasteiger partial charge on any atom is -0.451 e. The first-order valence-electron chi connectivity index (χ1n) is 20.0. The van der Waals surface area contributed by atoms with E-state index in [-0.39, 0.29) is 33.6 Å². The van der Waals surface area contributed by atoms with Gasteiger partial charge in [-0.1, -0.05) is 13.8 Å². The Hall–Kier alpha value is -6.19. The molecule has 340 valence electrons. The number of anilines is 1. The van der Waals surface area contributed by atoms with Crippen LogP contribution in [-0.2, 0) is 64.2 Å². The SMILES string of the molecule is CCN(CC)CCNC(=O)c1c(C)[nH]c(/C=C2\C(=O)Nc3ccc(OC(=O)CCC(=O)OC(C)C(=O)OC(C)C(=O)OC(C)C(=O)NS(=O)(=O)c4ccc(CC(C)=O)s4)cc32)c1C. The van der Waals surface area contributed by atoms with Crippen molar-refractivity contribution in [3.05, 3.63) is 63.3 Å². The number of ketones is 1. The number of Topliss-reactive ketones (excluding diaryl/α,β-unsaturated/α-hetero) is 1. The fraction of sp³-hybridized carbons (Fsp3) is 0.429. The molecule has 0 fully saturated rings. The molecule has 0 saturated heterocycles. The third kappa shape index (κ3) is 13.4. The summed E-state index contributed by atoms with van der Waals surface area (Å²) in [5, 5.41) is 5.72. The largest absolute Gasteiger partial charge is 0.451 e. The average molecular weight is 914 g/mol. The van der Waals surface area contributed by atoms with Gasteiger partial charge in [-0.25, -0.2) is 22.7 Å². The van der Waals surface area contributed by atoms with Gasteiger partial charge in [-0.05, 0) is 96.6 Å². The molecule has 19 nitrogen and oxygen atoms in total. The number of amides is 3. The van der Waals surface area contributed by atoms with Crippen molar-refractivity contribution in [3.8, 4) is 5.75 Å². The van der Waals surface area contributed by atoms with E-state index in [4.69, 9.17) is 18.9 Å². The number of rotatable bonds is 21. The van der Waals surface area contributed by atoms with E-state index in [9.17, 15) is 46.8 Å². The number of fused-ring (bicyclic) bond motifs is 1. The van der Waals surface area contributed by atoms with E-state index in [1.165, 1.54) is 31.2 Å². The molecule has 1 aromatic carbocycles. The van der Waals surface area contributed by atoms with E-state index in [2.05, 4.69) is 34.4 Å². The summed E-state index contributed by atoms with van der Waals surface area (Å²) in [6.45, 7) is 15.3. The molecule has 63 heavy (non-hydrogen) atoms. The Kier molecular flexibility index (Phi) is 17.1. The Balaban J connectivity index is 1.25. The van der Waals surface area contributed by atoms with Crippen LogP contribution in [0.4, 0.5) is 5.69 Å². The maximum atomic E-state index is 13.1. The first kappa shape index (κ1) is 49.5. The smallest absolute Gasteiger partial charge is 0.347 e. The second-order valence-corrected chi connectivity index (χ2v) is 17.6. The van der Waals surface area contributed by atoms with Crippen LogP contribution in [0, 0.1) is 13.8 Å². The van der Waals surface area contributed by atoms with Gasteiger partial charge in [0.05, 0.1) is 24.0 Å². The fourth-order valence-electron chi connectivity index (χ4n) is 6.17. The minimum atomic E-state index is -4.34. The standard InChI is InChI=1S/C42H51N5O14S2/c1-9-47(10-2)18-17-43-40(53)37-23(4)33(44-24(37)5)21-31-30-20-28(11-13-32(30)45-39(31)52)61-35(50)15-14-34(49)58-26(7)41(54)60-27(8)42(55)59-25(6)38(51)46-63(56,57)36-16-12-29(62-36)19-22(3)48/h11-13,16,20-21,25-27,44H,9-10,14-15,17-19H2,1-8H3,(H,43,53)(H,45,52)(H,46,51)/b31-21-. The number of ether oxygens (including phenoxy) is 4. The average Bonchev–Trinajstić information content (AvgIpc) is 3.89. The van der Waals surface area contributed by atoms with Crippen LogP contribution in [0.25, 0.3) is 11.6 Å². The molecule has 3 unspecified atom stereocenters. The monoisotopic (exact) mass is 913 g/mol. The Morgan fingerprint density at radius 3 is 2.16 bits per heavy atom. The topological polar surface area (TPSA) is 263 Å². The number of nitrogens with one attached hydrogen (secondary N) is 4. The summed E-state index contributed by atoms with van der Waals surface area (Å²) in [6.07, 6.45) is -4.09. The van der Waals surface area contributed by atoms with Crippen LogP contribution in [-0.4, -0.2) is 110 Å². The van der Waals surface area contributed by atoms with Crippen molar-refractivity contribution in [2.24, 2.45) is 0 Å². The Bertz CT molecular complexity index is 2410. The van der Waals surface area contributed by atoms with E-state index < -0.39 is 76.9 Å². The van der Waals surface area contributed by atoms with Crippen LogP contribution in [0.1, 0.15) is 92.1 Å². The van der Waals surface area contributed by atoms with Crippen molar-refractivity contribution < 1.29 is 65.7 Å². The summed E-state index contributed by atoms with van der Waals surface area (Å²) in [6, 6.07) is 7.16. The zero-order valence-corrected chi connectivity index (χ0v) is 37.8. The molecule has 3 amide bonds. The second-order valence-electron chi connectivity index (χ2n) is 14.5. The van der Waals surface area contributed by atoms with Gasteiger partial charge in [0.1, 0.15) is 15.7 Å². The molecule has 4 rings (SSSR count). The number of H-pyrrole nitrogens is 1. The third-order valence-corrected chi connectivity index (χ3v) is 12.5. The predicted molar refractivity (Wildman–Crippen MR) is 229 cm³/mol. The molecule has 0 radical (unpaired) electrons. The maximum Gasteiger partial charge on any atom is 0.347 e. The van der Waals surface area contributed by atoms with Crippen LogP contribution >= 0.6 is 11.3 Å². The molecule has 3 aromatic rings. The number of aromatic nitrogens is 1. The summed E-state index contributed by atoms with van der Waals surface area (Å²) in [4.78, 5) is 106. The predicted octanol–water partition coefficient (Wildman–Crippen LogP) is 3.37. The number of hydrogen-bond acceptors (Lipinski definition) is 16. The van der Waals surface area contributed by atoms with Crippen molar-refractivity contribution in [3.63, 3.8) is 0 Å². The molecule has 0 spiro atoms. The quantitative estimate of drug-likeness (QED) is 0.0517. The van der Waals surface area contributed by atoms with Gasteiger partial charge in [-0.15, -0.1) is 11.3 Å². The summed E-state index contributed by atoms with van der Waals surface area (Å²) in [7, 11) is -4.34. The number of hydrogen-bond donors (Lipinski definition) is 4.